The van der Waals surface area contributed by atoms with Gasteiger partial charge in [-0.1, -0.05) is 55.0 Å². The molecule has 2 aromatic carbocycles. The van der Waals surface area contributed by atoms with Crippen molar-refractivity contribution >= 4 is 17.4 Å². The molecule has 30 heavy (non-hydrogen) atoms. The maximum Gasteiger partial charge on any atom is 0.248 e. The molecule has 0 unspecified atom stereocenters. The summed E-state index contributed by atoms with van der Waals surface area (Å²) in [5, 5.41) is 0. The van der Waals surface area contributed by atoms with Gasteiger partial charge in [-0.2, -0.15) is 0 Å². The van der Waals surface area contributed by atoms with E-state index in [4.69, 9.17) is 0 Å². The van der Waals surface area contributed by atoms with Crippen molar-refractivity contribution in [2.45, 2.75) is 26.7 Å². The molecule has 5 nitrogen and oxygen atoms in total. The molecule has 2 aliphatic rings. The van der Waals surface area contributed by atoms with Crippen LogP contribution in [0, 0.1) is 6.92 Å². The minimum absolute atomic E-state index is 0.0402. The van der Waals surface area contributed by atoms with E-state index in [2.05, 4.69) is 66.3 Å². The Morgan fingerprint density at radius 2 is 1.87 bits per heavy atom. The molecule has 0 fully saturated rings. The first-order chi connectivity index (χ1) is 14.6. The molecule has 3 aromatic rings. The Morgan fingerprint density at radius 1 is 1.07 bits per heavy atom. The summed E-state index contributed by atoms with van der Waals surface area (Å²) >= 11 is 0. The summed E-state index contributed by atoms with van der Waals surface area (Å²) in [5.41, 5.74) is 8.03. The highest BCUT2D eigenvalue weighted by Crippen LogP contribution is 2.36. The van der Waals surface area contributed by atoms with Crippen molar-refractivity contribution in [3.05, 3.63) is 83.4 Å². The van der Waals surface area contributed by atoms with Gasteiger partial charge in [-0.05, 0) is 36.5 Å². The lowest BCUT2D eigenvalue weighted by Gasteiger charge is -2.32. The third-order valence-electron chi connectivity index (χ3n) is 5.90. The molecule has 3 heterocycles. The van der Waals surface area contributed by atoms with Crippen molar-refractivity contribution < 1.29 is 4.79 Å². The lowest BCUT2D eigenvalue weighted by molar-refractivity contribution is -0.126. The van der Waals surface area contributed by atoms with Gasteiger partial charge in [0, 0.05) is 24.4 Å². The van der Waals surface area contributed by atoms with Crippen molar-refractivity contribution in [1.29, 1.82) is 0 Å². The number of aryl methyl sites for hydroxylation is 2. The van der Waals surface area contributed by atoms with Gasteiger partial charge in [-0.15, -0.1) is 0 Å². The van der Waals surface area contributed by atoms with Gasteiger partial charge in [0.2, 0.25) is 5.91 Å². The topological polar surface area (TPSA) is 50.5 Å². The highest BCUT2D eigenvalue weighted by Gasteiger charge is 2.29. The second-order valence-corrected chi connectivity index (χ2v) is 7.82. The largest absolute Gasteiger partial charge is 0.310 e. The van der Waals surface area contributed by atoms with Crippen LogP contribution in [0.5, 0.6) is 0 Å². The highest BCUT2D eigenvalue weighted by molar-refractivity contribution is 6.06. The van der Waals surface area contributed by atoms with E-state index in [1.807, 2.05) is 21.7 Å². The molecule has 1 amide bonds. The summed E-state index contributed by atoms with van der Waals surface area (Å²) in [7, 11) is 0. The Labute approximate surface area is 176 Å². The first-order valence-corrected chi connectivity index (χ1v) is 10.4. The predicted molar refractivity (Wildman–Crippen MR) is 119 cm³/mol. The highest BCUT2D eigenvalue weighted by atomic mass is 16.2. The average molecular weight is 396 g/mol. The zero-order chi connectivity index (χ0) is 20.7. The summed E-state index contributed by atoms with van der Waals surface area (Å²) in [6.45, 7) is 5.01. The second kappa shape index (κ2) is 7.41. The van der Waals surface area contributed by atoms with Crippen LogP contribution in [-0.4, -0.2) is 39.3 Å². The first-order valence-electron chi connectivity index (χ1n) is 10.4. The van der Waals surface area contributed by atoms with Crippen LogP contribution < -0.4 is 0 Å². The van der Waals surface area contributed by atoms with E-state index >= 15 is 0 Å². The number of aromatic nitrogens is 2. The molecule has 0 N–H and O–H groups in total. The number of aliphatic imine (C=N–C) groups is 1. The van der Waals surface area contributed by atoms with E-state index in [-0.39, 0.29) is 12.5 Å². The Hall–Kier alpha value is -3.47. The minimum Gasteiger partial charge on any atom is -0.310 e. The normalized spacial score (nSPS) is 15.8. The molecule has 0 aliphatic carbocycles. The van der Waals surface area contributed by atoms with Gasteiger partial charge >= 0.3 is 0 Å². The van der Waals surface area contributed by atoms with Gasteiger partial charge in [0.15, 0.2) is 0 Å². The SMILES string of the molecule is CCc1cn(C2=NCC(=O)N3CCc4c(cccc4-c4ccc(C)cc4)C3=C2)cn1. The van der Waals surface area contributed by atoms with Gasteiger partial charge in [0.25, 0.3) is 0 Å². The third kappa shape index (κ3) is 3.16. The van der Waals surface area contributed by atoms with Crippen molar-refractivity contribution in [2.24, 2.45) is 4.99 Å². The third-order valence-corrected chi connectivity index (χ3v) is 5.90. The summed E-state index contributed by atoms with van der Waals surface area (Å²) in [4.78, 5) is 23.7. The van der Waals surface area contributed by atoms with Gasteiger partial charge in [-0.25, -0.2) is 4.98 Å². The van der Waals surface area contributed by atoms with Crippen LogP contribution in [0.3, 0.4) is 0 Å². The molecule has 0 spiro atoms. The van der Waals surface area contributed by atoms with Crippen LogP contribution in [-0.2, 0) is 17.6 Å². The monoisotopic (exact) mass is 396 g/mol. The van der Waals surface area contributed by atoms with Crippen LogP contribution in [0.4, 0.5) is 0 Å². The first kappa shape index (κ1) is 18.6. The molecule has 2 aliphatic heterocycles. The smallest absolute Gasteiger partial charge is 0.248 e. The fourth-order valence-corrected chi connectivity index (χ4v) is 4.23. The molecule has 0 bridgehead atoms. The fraction of sp³-hybridized carbons (Fsp3) is 0.240. The Morgan fingerprint density at radius 3 is 2.63 bits per heavy atom. The quantitative estimate of drug-likeness (QED) is 0.655. The molecule has 0 atom stereocenters. The van der Waals surface area contributed by atoms with Crippen LogP contribution in [0.2, 0.25) is 0 Å². The number of carbonyl (C=O) groups excluding carboxylic acids is 1. The summed E-state index contributed by atoms with van der Waals surface area (Å²) in [6.07, 6.45) is 7.50. The molecule has 0 saturated heterocycles. The lowest BCUT2D eigenvalue weighted by Crippen LogP contribution is -2.36. The number of amides is 1. The standard InChI is InChI=1S/C25H24N4O/c1-3-19-15-28(16-27-19)24-13-23-22-6-4-5-20(18-9-7-17(2)8-10-18)21(22)11-12-29(23)25(30)14-26-24/h4-10,13,15-16H,3,11-12,14H2,1-2H3. The second-order valence-electron chi connectivity index (χ2n) is 7.82. The predicted octanol–water partition coefficient (Wildman–Crippen LogP) is 4.11. The van der Waals surface area contributed by atoms with Gasteiger partial charge in [0.05, 0.1) is 11.4 Å². The number of allylic oxidation sites excluding steroid dienone is 1. The van der Waals surface area contributed by atoms with Crippen LogP contribution in [0.25, 0.3) is 16.8 Å². The number of nitrogens with zero attached hydrogens (tertiary/aromatic N) is 4. The van der Waals surface area contributed by atoms with Crippen LogP contribution in [0.1, 0.15) is 29.3 Å². The van der Waals surface area contributed by atoms with E-state index in [0.717, 1.165) is 35.6 Å². The van der Waals surface area contributed by atoms with Gasteiger partial charge in [0.1, 0.15) is 18.7 Å². The number of imidazole rings is 1. The molecule has 5 heteroatoms. The zero-order valence-electron chi connectivity index (χ0n) is 17.3. The van der Waals surface area contributed by atoms with E-state index < -0.39 is 0 Å². The molecular formula is C25H24N4O. The van der Waals surface area contributed by atoms with E-state index in [0.29, 0.717) is 6.54 Å². The molecule has 5 rings (SSSR count). The van der Waals surface area contributed by atoms with E-state index in [1.54, 1.807) is 6.33 Å². The molecular weight excluding hydrogens is 372 g/mol. The van der Waals surface area contributed by atoms with Gasteiger partial charge in [-0.3, -0.25) is 14.4 Å². The number of rotatable bonds is 2. The number of carbonyl (C=O) groups is 1. The Balaban J connectivity index is 1.63. The maximum atomic E-state index is 12.8. The summed E-state index contributed by atoms with van der Waals surface area (Å²) in [6, 6.07) is 15.0. The van der Waals surface area contributed by atoms with E-state index in [1.165, 1.54) is 22.3 Å². The summed E-state index contributed by atoms with van der Waals surface area (Å²) in [5.74, 6) is 0.792. The fourth-order valence-electron chi connectivity index (χ4n) is 4.23. The van der Waals surface area contributed by atoms with E-state index in [9.17, 15) is 4.79 Å². The molecule has 150 valence electrons. The Bertz CT molecular complexity index is 1180. The Kier molecular flexibility index (Phi) is 4.58. The van der Waals surface area contributed by atoms with Crippen molar-refractivity contribution in [3.8, 4) is 11.1 Å². The number of hydrogen-bond donors (Lipinski definition) is 0. The lowest BCUT2D eigenvalue weighted by atomic mass is 9.88. The molecule has 0 saturated carbocycles. The number of benzene rings is 2. The zero-order valence-corrected chi connectivity index (χ0v) is 17.3. The van der Waals surface area contributed by atoms with Gasteiger partial charge < -0.3 is 4.90 Å². The maximum absolute atomic E-state index is 12.8. The molecule has 1 aromatic heterocycles. The molecule has 0 radical (unpaired) electrons. The van der Waals surface area contributed by atoms with Crippen LogP contribution >= 0.6 is 0 Å². The number of hydrogen-bond acceptors (Lipinski definition) is 3. The van der Waals surface area contributed by atoms with Crippen molar-refractivity contribution in [1.82, 2.24) is 14.5 Å². The minimum atomic E-state index is 0.0402. The van der Waals surface area contributed by atoms with Crippen molar-refractivity contribution in [3.63, 3.8) is 0 Å². The number of fused-ring (bicyclic) bond motifs is 3. The summed E-state index contributed by atoms with van der Waals surface area (Å²) < 4.78 is 1.92. The van der Waals surface area contributed by atoms with Crippen molar-refractivity contribution in [2.75, 3.05) is 13.1 Å². The van der Waals surface area contributed by atoms with Crippen LogP contribution in [0.15, 0.2) is 66.1 Å². The average Bonchev–Trinajstić information content (AvgIpc) is 3.19.